The van der Waals surface area contributed by atoms with E-state index >= 15 is 0 Å². The van der Waals surface area contributed by atoms with Crippen LogP contribution in [-0.2, 0) is 13.1 Å². The second-order valence-electron chi connectivity index (χ2n) is 6.44. The molecular formula is C18H17FN4O3. The van der Waals surface area contributed by atoms with Crippen LogP contribution in [0.5, 0.6) is 5.75 Å². The predicted molar refractivity (Wildman–Crippen MR) is 92.9 cm³/mol. The number of benzene rings is 1. The van der Waals surface area contributed by atoms with Crippen molar-refractivity contribution in [3.8, 4) is 5.75 Å². The van der Waals surface area contributed by atoms with Crippen molar-refractivity contribution in [1.82, 2.24) is 19.2 Å². The van der Waals surface area contributed by atoms with E-state index in [1.807, 2.05) is 0 Å². The summed E-state index contributed by atoms with van der Waals surface area (Å²) in [5.41, 5.74) is 0.812. The third-order valence-electron chi connectivity index (χ3n) is 4.79. The Bertz CT molecular complexity index is 1120. The number of fused-ring (bicyclic) bond motifs is 3. The Morgan fingerprint density at radius 3 is 2.69 bits per heavy atom. The normalized spacial score (nSPS) is 14.1. The summed E-state index contributed by atoms with van der Waals surface area (Å²) in [5.74, 6) is -1.12. The molecule has 0 bridgehead atoms. The molecule has 0 saturated carbocycles. The lowest BCUT2D eigenvalue weighted by atomic mass is 10.2. The van der Waals surface area contributed by atoms with Crippen LogP contribution >= 0.6 is 0 Å². The van der Waals surface area contributed by atoms with Crippen LogP contribution in [0.3, 0.4) is 0 Å². The van der Waals surface area contributed by atoms with E-state index in [0.29, 0.717) is 29.9 Å². The summed E-state index contributed by atoms with van der Waals surface area (Å²) >= 11 is 0. The summed E-state index contributed by atoms with van der Waals surface area (Å²) < 4.78 is 16.7. The molecule has 134 valence electrons. The van der Waals surface area contributed by atoms with Crippen molar-refractivity contribution in [2.45, 2.75) is 20.0 Å². The number of halogens is 1. The van der Waals surface area contributed by atoms with Crippen molar-refractivity contribution in [2.75, 3.05) is 13.6 Å². The quantitative estimate of drug-likeness (QED) is 0.754. The molecule has 8 heteroatoms. The average molecular weight is 356 g/mol. The molecule has 1 aliphatic heterocycles. The average Bonchev–Trinajstić information content (AvgIpc) is 2.91. The molecule has 0 spiro atoms. The number of aromatic hydroxyl groups is 1. The molecule has 1 aliphatic rings. The van der Waals surface area contributed by atoms with E-state index in [0.717, 1.165) is 4.68 Å². The Labute approximate surface area is 147 Å². The fourth-order valence-corrected chi connectivity index (χ4v) is 3.45. The van der Waals surface area contributed by atoms with Gasteiger partial charge in [-0.2, -0.15) is 5.10 Å². The number of amides is 1. The van der Waals surface area contributed by atoms with Crippen LogP contribution < -0.4 is 5.56 Å². The zero-order chi connectivity index (χ0) is 18.6. The first-order chi connectivity index (χ1) is 12.4. The minimum Gasteiger partial charge on any atom is -0.505 e. The second-order valence-corrected chi connectivity index (χ2v) is 6.44. The van der Waals surface area contributed by atoms with Gasteiger partial charge in [-0.25, -0.2) is 9.07 Å². The van der Waals surface area contributed by atoms with Gasteiger partial charge in [0.25, 0.3) is 11.5 Å². The summed E-state index contributed by atoms with van der Waals surface area (Å²) in [7, 11) is 1.64. The number of rotatable bonds is 2. The van der Waals surface area contributed by atoms with Gasteiger partial charge in [-0.15, -0.1) is 0 Å². The minimum absolute atomic E-state index is 0.0486. The molecule has 1 aromatic carbocycles. The van der Waals surface area contributed by atoms with Crippen LogP contribution in [0, 0.1) is 12.7 Å². The van der Waals surface area contributed by atoms with Crippen molar-refractivity contribution in [1.29, 1.82) is 0 Å². The Kier molecular flexibility index (Phi) is 3.57. The lowest BCUT2D eigenvalue weighted by Gasteiger charge is -2.25. The fraction of sp³-hybridized carbons (Fsp3) is 0.278. The first-order valence-corrected chi connectivity index (χ1v) is 8.22. The minimum atomic E-state index is -0.552. The number of aryl methyl sites for hydroxylation is 1. The Hall–Kier alpha value is -3.16. The Morgan fingerprint density at radius 2 is 1.96 bits per heavy atom. The molecule has 0 aliphatic carbocycles. The van der Waals surface area contributed by atoms with Crippen LogP contribution in [-0.4, -0.2) is 43.9 Å². The zero-order valence-corrected chi connectivity index (χ0v) is 14.4. The second kappa shape index (κ2) is 5.69. The van der Waals surface area contributed by atoms with Gasteiger partial charge < -0.3 is 14.6 Å². The molecule has 3 heterocycles. The van der Waals surface area contributed by atoms with Gasteiger partial charge in [0.1, 0.15) is 11.2 Å². The largest absolute Gasteiger partial charge is 0.505 e. The summed E-state index contributed by atoms with van der Waals surface area (Å²) in [6, 6.07) is 6.14. The maximum atomic E-state index is 13.9. The monoisotopic (exact) mass is 356 g/mol. The van der Waals surface area contributed by atoms with E-state index in [-0.39, 0.29) is 29.3 Å². The highest BCUT2D eigenvalue weighted by atomic mass is 19.1. The molecule has 0 saturated heterocycles. The summed E-state index contributed by atoms with van der Waals surface area (Å²) in [6.45, 7) is 2.59. The molecule has 1 amide bonds. The maximum Gasteiger partial charge on any atom is 0.280 e. The van der Waals surface area contributed by atoms with Gasteiger partial charge in [0.05, 0.1) is 17.8 Å². The van der Waals surface area contributed by atoms with Crippen LogP contribution in [0.2, 0.25) is 0 Å². The number of hydrogen-bond donors (Lipinski definition) is 1. The van der Waals surface area contributed by atoms with E-state index in [4.69, 9.17) is 0 Å². The van der Waals surface area contributed by atoms with Gasteiger partial charge in [-0.05, 0) is 13.0 Å². The van der Waals surface area contributed by atoms with Crippen LogP contribution in [0.15, 0.2) is 29.1 Å². The van der Waals surface area contributed by atoms with Gasteiger partial charge in [-0.1, -0.05) is 18.2 Å². The first kappa shape index (κ1) is 16.3. The molecule has 0 fully saturated rings. The summed E-state index contributed by atoms with van der Waals surface area (Å²) in [6.07, 6.45) is 0. The van der Waals surface area contributed by atoms with E-state index in [2.05, 4.69) is 5.10 Å². The highest BCUT2D eigenvalue weighted by Gasteiger charge is 2.31. The number of likely N-dealkylation sites (N-methyl/N-ethyl adjacent to an activating group) is 1. The maximum absolute atomic E-state index is 13.9. The SMILES string of the molecule is Cc1nn(Cc2ccccc2F)c(=O)c2c(O)c3n(c12)CCN(C)C3=O. The first-order valence-electron chi connectivity index (χ1n) is 8.22. The topological polar surface area (TPSA) is 80.4 Å². The number of nitrogens with zero attached hydrogens (tertiary/aromatic N) is 4. The highest BCUT2D eigenvalue weighted by molar-refractivity contribution is 6.04. The molecule has 0 radical (unpaired) electrons. The summed E-state index contributed by atoms with van der Waals surface area (Å²) in [4.78, 5) is 26.8. The van der Waals surface area contributed by atoms with E-state index in [1.54, 1.807) is 36.7 Å². The van der Waals surface area contributed by atoms with E-state index in [1.165, 1.54) is 11.0 Å². The lowest BCUT2D eigenvalue weighted by Crippen LogP contribution is -2.37. The van der Waals surface area contributed by atoms with Gasteiger partial charge in [-0.3, -0.25) is 9.59 Å². The highest BCUT2D eigenvalue weighted by Crippen LogP contribution is 2.33. The fourth-order valence-electron chi connectivity index (χ4n) is 3.45. The van der Waals surface area contributed by atoms with Crippen molar-refractivity contribution in [3.05, 3.63) is 57.4 Å². The molecule has 26 heavy (non-hydrogen) atoms. The van der Waals surface area contributed by atoms with Crippen LogP contribution in [0.4, 0.5) is 4.39 Å². The van der Waals surface area contributed by atoms with Crippen LogP contribution in [0.1, 0.15) is 21.7 Å². The smallest absolute Gasteiger partial charge is 0.280 e. The number of carbonyl (C=O) groups excluding carboxylic acids is 1. The molecular weight excluding hydrogens is 339 g/mol. The zero-order valence-electron chi connectivity index (χ0n) is 14.4. The van der Waals surface area contributed by atoms with Gasteiger partial charge >= 0.3 is 0 Å². The molecule has 4 rings (SSSR count). The molecule has 0 unspecified atom stereocenters. The lowest BCUT2D eigenvalue weighted by molar-refractivity contribution is 0.0747. The standard InChI is InChI=1S/C18H17FN4O3/c1-10-14-13(16(24)15-18(26)21(2)7-8-22(14)15)17(25)23(20-10)9-11-5-3-4-6-12(11)19/h3-6,24H,7-9H2,1-2H3. The van der Waals surface area contributed by atoms with Crippen LogP contribution in [0.25, 0.3) is 10.9 Å². The predicted octanol–water partition coefficient (Wildman–Crippen LogP) is 1.49. The third kappa shape index (κ3) is 2.22. The number of hydrogen-bond acceptors (Lipinski definition) is 4. The van der Waals surface area contributed by atoms with E-state index < -0.39 is 11.4 Å². The molecule has 0 atom stereocenters. The van der Waals surface area contributed by atoms with Crippen molar-refractivity contribution in [3.63, 3.8) is 0 Å². The Balaban J connectivity index is 1.96. The van der Waals surface area contributed by atoms with Crippen molar-refractivity contribution in [2.24, 2.45) is 0 Å². The van der Waals surface area contributed by atoms with Crippen molar-refractivity contribution < 1.29 is 14.3 Å². The summed E-state index contributed by atoms with van der Waals surface area (Å²) in [5, 5.41) is 14.9. The number of carbonyl (C=O) groups is 1. The van der Waals surface area contributed by atoms with Gasteiger partial charge in [0.15, 0.2) is 11.4 Å². The molecule has 7 nitrogen and oxygen atoms in total. The number of aromatic nitrogens is 3. The molecule has 2 aromatic heterocycles. The molecule has 3 aromatic rings. The van der Waals surface area contributed by atoms with Crippen molar-refractivity contribution >= 4 is 16.8 Å². The van der Waals surface area contributed by atoms with Gasteiger partial charge in [0.2, 0.25) is 0 Å². The van der Waals surface area contributed by atoms with E-state index in [9.17, 15) is 19.1 Å². The Morgan fingerprint density at radius 1 is 1.23 bits per heavy atom. The third-order valence-corrected chi connectivity index (χ3v) is 4.79. The van der Waals surface area contributed by atoms with Gasteiger partial charge in [0, 0.05) is 25.7 Å². The molecule has 1 N–H and O–H groups in total.